The summed E-state index contributed by atoms with van der Waals surface area (Å²) < 4.78 is 12.7. The molecule has 0 radical (unpaired) electrons. The number of carbonyl (C=O) groups is 1. The molecule has 0 saturated heterocycles. The van der Waals surface area contributed by atoms with Crippen LogP contribution < -0.4 is 20.1 Å². The molecule has 2 aromatic carbocycles. The minimum atomic E-state index is -0.380. The lowest BCUT2D eigenvalue weighted by molar-refractivity contribution is 0.262. The average molecular weight is 402 g/mol. The standard InChI is InChI=1S/C21H18N6O3/c1-29-18-5-3-2-4-17(18)24-21(28)23-15-6-8-16(9-7-15)30-20-11-10-19(25-26-20)27-13-12-22-14-27/h2-14H,1H3,(H2,23,24,28). The maximum Gasteiger partial charge on any atom is 0.323 e. The number of methoxy groups -OCH3 is 1. The second-order valence-corrected chi connectivity index (χ2v) is 6.11. The lowest BCUT2D eigenvalue weighted by Crippen LogP contribution is -2.19. The summed E-state index contributed by atoms with van der Waals surface area (Å²) in [4.78, 5) is 16.2. The van der Waals surface area contributed by atoms with E-state index in [1.54, 1.807) is 78.9 Å². The number of hydrogen-bond acceptors (Lipinski definition) is 6. The molecule has 0 bridgehead atoms. The Morgan fingerprint density at radius 2 is 1.80 bits per heavy atom. The van der Waals surface area contributed by atoms with E-state index < -0.39 is 0 Å². The van der Waals surface area contributed by atoms with Gasteiger partial charge in [0.25, 0.3) is 0 Å². The van der Waals surface area contributed by atoms with Crippen LogP contribution in [0.1, 0.15) is 0 Å². The van der Waals surface area contributed by atoms with Crippen LogP contribution >= 0.6 is 0 Å². The molecule has 0 unspecified atom stereocenters. The van der Waals surface area contributed by atoms with E-state index in [0.717, 1.165) is 0 Å². The number of amides is 2. The Morgan fingerprint density at radius 1 is 0.967 bits per heavy atom. The van der Waals surface area contributed by atoms with E-state index in [1.807, 2.05) is 12.1 Å². The molecule has 0 aliphatic heterocycles. The molecular weight excluding hydrogens is 384 g/mol. The van der Waals surface area contributed by atoms with E-state index in [-0.39, 0.29) is 6.03 Å². The normalized spacial score (nSPS) is 10.3. The average Bonchev–Trinajstić information content (AvgIpc) is 3.31. The van der Waals surface area contributed by atoms with Gasteiger partial charge in [0.1, 0.15) is 17.8 Å². The maximum absolute atomic E-state index is 12.2. The molecule has 2 heterocycles. The predicted octanol–water partition coefficient (Wildman–Crippen LogP) is 4.11. The molecule has 4 aromatic rings. The van der Waals surface area contributed by atoms with Gasteiger partial charge in [-0.1, -0.05) is 12.1 Å². The number of imidazole rings is 1. The Morgan fingerprint density at radius 3 is 2.50 bits per heavy atom. The van der Waals surface area contributed by atoms with Crippen LogP contribution in [0, 0.1) is 0 Å². The highest BCUT2D eigenvalue weighted by Crippen LogP contribution is 2.24. The van der Waals surface area contributed by atoms with E-state index in [0.29, 0.717) is 34.6 Å². The highest BCUT2D eigenvalue weighted by atomic mass is 16.5. The molecule has 4 rings (SSSR count). The van der Waals surface area contributed by atoms with Crippen molar-refractivity contribution in [3.8, 4) is 23.2 Å². The molecule has 2 amide bonds. The van der Waals surface area contributed by atoms with Gasteiger partial charge < -0.3 is 20.1 Å². The largest absolute Gasteiger partial charge is 0.495 e. The van der Waals surface area contributed by atoms with Gasteiger partial charge in [-0.3, -0.25) is 4.57 Å². The van der Waals surface area contributed by atoms with E-state index >= 15 is 0 Å². The SMILES string of the molecule is COc1ccccc1NC(=O)Nc1ccc(Oc2ccc(-n3ccnc3)nn2)cc1. The second-order valence-electron chi connectivity index (χ2n) is 6.11. The molecular formula is C21H18N6O3. The highest BCUT2D eigenvalue weighted by Gasteiger charge is 2.08. The first-order valence-electron chi connectivity index (χ1n) is 9.02. The van der Waals surface area contributed by atoms with Crippen molar-refractivity contribution in [1.29, 1.82) is 0 Å². The summed E-state index contributed by atoms with van der Waals surface area (Å²) in [7, 11) is 1.55. The van der Waals surface area contributed by atoms with Gasteiger partial charge in [0.15, 0.2) is 5.82 Å². The minimum absolute atomic E-state index is 0.355. The number of rotatable bonds is 6. The van der Waals surface area contributed by atoms with Crippen LogP contribution in [0.25, 0.3) is 5.82 Å². The molecule has 9 heteroatoms. The van der Waals surface area contributed by atoms with Gasteiger partial charge in [-0.05, 0) is 42.5 Å². The van der Waals surface area contributed by atoms with E-state index in [9.17, 15) is 4.79 Å². The third-order valence-corrected chi connectivity index (χ3v) is 4.08. The summed E-state index contributed by atoms with van der Waals surface area (Å²) >= 11 is 0. The first kappa shape index (κ1) is 18.9. The number of para-hydroxylation sites is 2. The molecule has 30 heavy (non-hydrogen) atoms. The first-order chi connectivity index (χ1) is 14.7. The van der Waals surface area contributed by atoms with Crippen molar-refractivity contribution in [2.75, 3.05) is 17.7 Å². The number of nitrogens with zero attached hydrogens (tertiary/aromatic N) is 4. The van der Waals surface area contributed by atoms with Crippen LogP contribution in [0.3, 0.4) is 0 Å². The molecule has 0 atom stereocenters. The van der Waals surface area contributed by atoms with E-state index in [2.05, 4.69) is 25.8 Å². The van der Waals surface area contributed by atoms with E-state index in [1.165, 1.54) is 0 Å². The zero-order chi connectivity index (χ0) is 20.8. The number of urea groups is 1. The zero-order valence-corrected chi connectivity index (χ0v) is 16.0. The zero-order valence-electron chi connectivity index (χ0n) is 16.0. The number of ether oxygens (including phenoxy) is 2. The minimum Gasteiger partial charge on any atom is -0.495 e. The number of benzene rings is 2. The van der Waals surface area contributed by atoms with Crippen molar-refractivity contribution >= 4 is 17.4 Å². The topological polar surface area (TPSA) is 103 Å². The van der Waals surface area contributed by atoms with Gasteiger partial charge in [0.05, 0.1) is 12.8 Å². The van der Waals surface area contributed by atoms with Crippen molar-refractivity contribution in [2.45, 2.75) is 0 Å². The molecule has 0 spiro atoms. The third kappa shape index (κ3) is 4.53. The second kappa shape index (κ2) is 8.74. The molecule has 2 N–H and O–H groups in total. The first-order valence-corrected chi connectivity index (χ1v) is 9.02. The van der Waals surface area contributed by atoms with Gasteiger partial charge in [0.2, 0.25) is 5.88 Å². The summed E-state index contributed by atoms with van der Waals surface area (Å²) in [5, 5.41) is 13.7. The van der Waals surface area contributed by atoms with Gasteiger partial charge in [-0.25, -0.2) is 9.78 Å². The van der Waals surface area contributed by atoms with Gasteiger partial charge >= 0.3 is 6.03 Å². The predicted molar refractivity (Wildman–Crippen MR) is 111 cm³/mol. The lowest BCUT2D eigenvalue weighted by Gasteiger charge is -2.11. The highest BCUT2D eigenvalue weighted by molar-refractivity contribution is 6.00. The lowest BCUT2D eigenvalue weighted by atomic mass is 10.3. The van der Waals surface area contributed by atoms with Gasteiger partial charge in [0, 0.05) is 24.1 Å². The van der Waals surface area contributed by atoms with Crippen LogP contribution in [0.15, 0.2) is 79.4 Å². The number of hydrogen-bond donors (Lipinski definition) is 2. The quantitative estimate of drug-likeness (QED) is 0.503. The molecule has 150 valence electrons. The fourth-order valence-corrected chi connectivity index (χ4v) is 2.66. The van der Waals surface area contributed by atoms with Crippen LogP contribution in [-0.4, -0.2) is 32.9 Å². The number of anilines is 2. The molecule has 0 saturated carbocycles. The Labute approximate surface area is 172 Å². The van der Waals surface area contributed by atoms with Crippen molar-refractivity contribution in [3.63, 3.8) is 0 Å². The number of carbonyl (C=O) groups excluding carboxylic acids is 1. The van der Waals surface area contributed by atoms with Crippen molar-refractivity contribution in [2.24, 2.45) is 0 Å². The van der Waals surface area contributed by atoms with E-state index in [4.69, 9.17) is 9.47 Å². The molecule has 9 nitrogen and oxygen atoms in total. The summed E-state index contributed by atoms with van der Waals surface area (Å²) in [6.45, 7) is 0. The molecule has 0 aliphatic carbocycles. The molecule has 2 aromatic heterocycles. The van der Waals surface area contributed by atoms with Crippen molar-refractivity contribution < 1.29 is 14.3 Å². The maximum atomic E-state index is 12.2. The Bertz CT molecular complexity index is 1110. The Hall–Kier alpha value is -4.40. The fraction of sp³-hybridized carbons (Fsp3) is 0.0476. The summed E-state index contributed by atoms with van der Waals surface area (Å²) in [5.41, 5.74) is 1.19. The Kier molecular flexibility index (Phi) is 5.52. The summed E-state index contributed by atoms with van der Waals surface area (Å²) in [5.74, 6) is 2.14. The molecule has 0 fully saturated rings. The monoisotopic (exact) mass is 402 g/mol. The number of nitrogens with one attached hydrogen (secondary N) is 2. The number of aromatic nitrogens is 4. The van der Waals surface area contributed by atoms with Gasteiger partial charge in [-0.2, -0.15) is 0 Å². The van der Waals surface area contributed by atoms with Crippen molar-refractivity contribution in [1.82, 2.24) is 19.7 Å². The summed E-state index contributed by atoms with van der Waals surface area (Å²) in [6.07, 6.45) is 5.08. The smallest absolute Gasteiger partial charge is 0.323 e. The van der Waals surface area contributed by atoms with Crippen LogP contribution in [-0.2, 0) is 0 Å². The van der Waals surface area contributed by atoms with Crippen molar-refractivity contribution in [3.05, 3.63) is 79.4 Å². The fourth-order valence-electron chi connectivity index (χ4n) is 2.66. The summed E-state index contributed by atoms with van der Waals surface area (Å²) in [6, 6.07) is 17.2. The third-order valence-electron chi connectivity index (χ3n) is 4.08. The Balaban J connectivity index is 1.35. The van der Waals surface area contributed by atoms with Gasteiger partial charge in [-0.15, -0.1) is 10.2 Å². The van der Waals surface area contributed by atoms with Crippen LogP contribution in [0.5, 0.6) is 17.4 Å². The molecule has 0 aliphatic rings. The van der Waals surface area contributed by atoms with Crippen LogP contribution in [0.2, 0.25) is 0 Å². The van der Waals surface area contributed by atoms with Crippen LogP contribution in [0.4, 0.5) is 16.2 Å².